The zero-order valence-electron chi connectivity index (χ0n) is 8.30. The number of fused-ring (bicyclic) bond motifs is 1. The van der Waals surface area contributed by atoms with Crippen molar-refractivity contribution in [2.75, 3.05) is 0 Å². The molecule has 0 amide bonds. The van der Waals surface area contributed by atoms with Gasteiger partial charge in [-0.1, -0.05) is 15.9 Å². The first-order valence-corrected chi connectivity index (χ1v) is 6.17. The molecule has 2 aromatic rings. The number of aromatic nitrogens is 2. The van der Waals surface area contributed by atoms with Crippen LogP contribution in [0, 0.1) is 6.92 Å². The summed E-state index contributed by atoms with van der Waals surface area (Å²) in [7, 11) is 0. The Kier molecular flexibility index (Phi) is 2.08. The summed E-state index contributed by atoms with van der Waals surface area (Å²) in [5.41, 5.74) is 3.33. The molecule has 1 aliphatic carbocycles. The molecule has 0 spiro atoms. The van der Waals surface area contributed by atoms with Crippen molar-refractivity contribution in [1.82, 2.24) is 9.55 Å². The highest BCUT2D eigenvalue weighted by atomic mass is 79.9. The first kappa shape index (κ1) is 9.67. The average Bonchev–Trinajstić information content (AvgIpc) is 2.93. The van der Waals surface area contributed by atoms with Gasteiger partial charge >= 0.3 is 0 Å². The van der Waals surface area contributed by atoms with Crippen LogP contribution in [0.15, 0.2) is 16.6 Å². The number of hydrogen-bond donors (Lipinski definition) is 0. The van der Waals surface area contributed by atoms with Crippen molar-refractivity contribution >= 4 is 38.6 Å². The smallest absolute Gasteiger partial charge is 0.204 e. The van der Waals surface area contributed by atoms with E-state index in [0.29, 0.717) is 11.3 Å². The van der Waals surface area contributed by atoms with Gasteiger partial charge in [0.2, 0.25) is 5.28 Å². The molecule has 1 aromatic carbocycles. The lowest BCUT2D eigenvalue weighted by Crippen LogP contribution is -1.93. The van der Waals surface area contributed by atoms with E-state index in [4.69, 9.17) is 11.6 Å². The van der Waals surface area contributed by atoms with E-state index in [2.05, 4.69) is 44.5 Å². The van der Waals surface area contributed by atoms with E-state index in [-0.39, 0.29) is 0 Å². The second-order valence-corrected chi connectivity index (χ2v) is 5.26. The average molecular weight is 286 g/mol. The molecule has 1 heterocycles. The second kappa shape index (κ2) is 3.22. The molecule has 0 unspecified atom stereocenters. The van der Waals surface area contributed by atoms with Crippen LogP contribution in [0.5, 0.6) is 0 Å². The van der Waals surface area contributed by atoms with Crippen LogP contribution in [0.25, 0.3) is 11.0 Å². The fourth-order valence-corrected chi connectivity index (χ4v) is 2.52. The molecule has 1 aromatic heterocycles. The summed E-state index contributed by atoms with van der Waals surface area (Å²) in [6.45, 7) is 2.06. The fourth-order valence-electron chi connectivity index (χ4n) is 1.87. The van der Waals surface area contributed by atoms with Gasteiger partial charge in [-0.2, -0.15) is 0 Å². The van der Waals surface area contributed by atoms with Crippen LogP contribution >= 0.6 is 27.5 Å². The lowest BCUT2D eigenvalue weighted by Gasteiger charge is -2.03. The van der Waals surface area contributed by atoms with Crippen molar-refractivity contribution in [2.45, 2.75) is 25.8 Å². The molecule has 2 nitrogen and oxygen atoms in total. The molecular formula is C11H10BrClN2. The van der Waals surface area contributed by atoms with Gasteiger partial charge < -0.3 is 4.57 Å². The van der Waals surface area contributed by atoms with Gasteiger partial charge in [0.05, 0.1) is 11.0 Å². The van der Waals surface area contributed by atoms with Crippen LogP contribution in [0.2, 0.25) is 5.28 Å². The third kappa shape index (κ3) is 1.49. The largest absolute Gasteiger partial charge is 0.311 e. The SMILES string of the molecule is Cc1cc2nc(Cl)n(C3CC3)c2cc1Br. The zero-order valence-corrected chi connectivity index (χ0v) is 10.6. The summed E-state index contributed by atoms with van der Waals surface area (Å²) < 4.78 is 3.26. The lowest BCUT2D eigenvalue weighted by atomic mass is 10.2. The molecule has 4 heteroatoms. The first-order valence-electron chi connectivity index (χ1n) is 5.00. The van der Waals surface area contributed by atoms with Crippen LogP contribution in [0.3, 0.4) is 0 Å². The fraction of sp³-hybridized carbons (Fsp3) is 0.364. The predicted molar refractivity (Wildman–Crippen MR) is 65.5 cm³/mol. The Balaban J connectivity index is 2.34. The molecular weight excluding hydrogens is 275 g/mol. The maximum Gasteiger partial charge on any atom is 0.204 e. The Morgan fingerprint density at radius 1 is 1.47 bits per heavy atom. The van der Waals surface area contributed by atoms with Gasteiger partial charge in [-0.25, -0.2) is 4.98 Å². The van der Waals surface area contributed by atoms with E-state index in [0.717, 1.165) is 15.5 Å². The van der Waals surface area contributed by atoms with E-state index in [1.807, 2.05) is 0 Å². The van der Waals surface area contributed by atoms with Crippen LogP contribution < -0.4 is 0 Å². The molecule has 1 saturated carbocycles. The predicted octanol–water partition coefficient (Wildman–Crippen LogP) is 4.10. The molecule has 15 heavy (non-hydrogen) atoms. The molecule has 0 aliphatic heterocycles. The van der Waals surface area contributed by atoms with Gasteiger partial charge in [-0.05, 0) is 49.1 Å². The Morgan fingerprint density at radius 2 is 2.20 bits per heavy atom. The minimum atomic E-state index is 0.567. The summed E-state index contributed by atoms with van der Waals surface area (Å²) in [5, 5.41) is 0.616. The molecule has 78 valence electrons. The Hall–Kier alpha value is -0.540. The molecule has 3 rings (SSSR count). The van der Waals surface area contributed by atoms with Crippen molar-refractivity contribution in [3.8, 4) is 0 Å². The standard InChI is InChI=1S/C11H10BrClN2/c1-6-4-9-10(5-8(6)12)15(7-2-3-7)11(13)14-9/h4-5,7H,2-3H2,1H3. The van der Waals surface area contributed by atoms with Crippen molar-refractivity contribution in [1.29, 1.82) is 0 Å². The Bertz CT molecular complexity index is 543. The highest BCUT2D eigenvalue weighted by Gasteiger charge is 2.27. The minimum absolute atomic E-state index is 0.567. The number of hydrogen-bond acceptors (Lipinski definition) is 1. The summed E-state index contributed by atoms with van der Waals surface area (Å²) in [5.74, 6) is 0. The van der Waals surface area contributed by atoms with E-state index in [1.165, 1.54) is 18.4 Å². The van der Waals surface area contributed by atoms with Crippen LogP contribution in [0.4, 0.5) is 0 Å². The summed E-state index contributed by atoms with van der Waals surface area (Å²) in [6, 6.07) is 4.75. The number of rotatable bonds is 1. The van der Waals surface area contributed by atoms with Crippen molar-refractivity contribution in [2.24, 2.45) is 0 Å². The Morgan fingerprint density at radius 3 is 2.87 bits per heavy atom. The quantitative estimate of drug-likeness (QED) is 0.771. The van der Waals surface area contributed by atoms with Gasteiger partial charge in [-0.3, -0.25) is 0 Å². The van der Waals surface area contributed by atoms with Crippen molar-refractivity contribution in [3.63, 3.8) is 0 Å². The van der Waals surface area contributed by atoms with Gasteiger partial charge in [-0.15, -0.1) is 0 Å². The normalized spacial score (nSPS) is 16.2. The summed E-state index contributed by atoms with van der Waals surface area (Å²) in [4.78, 5) is 4.38. The molecule has 0 bridgehead atoms. The number of nitrogens with zero attached hydrogens (tertiary/aromatic N) is 2. The maximum absolute atomic E-state index is 6.14. The van der Waals surface area contributed by atoms with Crippen molar-refractivity contribution < 1.29 is 0 Å². The summed E-state index contributed by atoms with van der Waals surface area (Å²) >= 11 is 9.69. The minimum Gasteiger partial charge on any atom is -0.311 e. The third-order valence-electron chi connectivity index (χ3n) is 2.84. The molecule has 0 atom stereocenters. The topological polar surface area (TPSA) is 17.8 Å². The van der Waals surface area contributed by atoms with E-state index >= 15 is 0 Å². The van der Waals surface area contributed by atoms with Gasteiger partial charge in [0.25, 0.3) is 0 Å². The third-order valence-corrected chi connectivity index (χ3v) is 3.96. The Labute approximate surface area is 101 Å². The molecule has 0 saturated heterocycles. The first-order chi connectivity index (χ1) is 7.16. The number of aryl methyl sites for hydroxylation is 1. The lowest BCUT2D eigenvalue weighted by molar-refractivity contribution is 0.767. The van der Waals surface area contributed by atoms with E-state index < -0.39 is 0 Å². The highest BCUT2D eigenvalue weighted by molar-refractivity contribution is 9.10. The van der Waals surface area contributed by atoms with Gasteiger partial charge in [0.15, 0.2) is 0 Å². The molecule has 1 aliphatic rings. The molecule has 0 radical (unpaired) electrons. The summed E-state index contributed by atoms with van der Waals surface area (Å²) in [6.07, 6.45) is 2.44. The van der Waals surface area contributed by atoms with E-state index in [9.17, 15) is 0 Å². The van der Waals surface area contributed by atoms with Crippen LogP contribution in [0.1, 0.15) is 24.4 Å². The van der Waals surface area contributed by atoms with Gasteiger partial charge in [0.1, 0.15) is 0 Å². The highest BCUT2D eigenvalue weighted by Crippen LogP contribution is 2.40. The van der Waals surface area contributed by atoms with E-state index in [1.54, 1.807) is 0 Å². The van der Waals surface area contributed by atoms with Crippen LogP contribution in [-0.4, -0.2) is 9.55 Å². The second-order valence-electron chi connectivity index (χ2n) is 4.07. The molecule has 1 fully saturated rings. The molecule has 0 N–H and O–H groups in total. The number of halogens is 2. The number of benzene rings is 1. The number of imidazole rings is 1. The van der Waals surface area contributed by atoms with Gasteiger partial charge in [0, 0.05) is 10.5 Å². The monoisotopic (exact) mass is 284 g/mol. The van der Waals surface area contributed by atoms with Crippen molar-refractivity contribution in [3.05, 3.63) is 27.5 Å². The van der Waals surface area contributed by atoms with Crippen LogP contribution in [-0.2, 0) is 0 Å². The maximum atomic E-state index is 6.14. The zero-order chi connectivity index (χ0) is 10.6.